The van der Waals surface area contributed by atoms with Gasteiger partial charge in [-0.15, -0.1) is 0 Å². The molecule has 0 aliphatic carbocycles. The normalized spacial score (nSPS) is 12.8. The van der Waals surface area contributed by atoms with Crippen molar-refractivity contribution in [3.8, 4) is 0 Å². The number of nitrogens with one attached hydrogen (secondary N) is 1. The quantitative estimate of drug-likeness (QED) is 0.749. The van der Waals surface area contributed by atoms with E-state index in [9.17, 15) is 0 Å². The molecule has 1 aromatic heterocycles. The molecule has 1 unspecified atom stereocenters. The van der Waals surface area contributed by atoms with Crippen LogP contribution in [0, 0.1) is 0 Å². The summed E-state index contributed by atoms with van der Waals surface area (Å²) in [5.41, 5.74) is 1.29. The highest BCUT2D eigenvalue weighted by molar-refractivity contribution is 5.13. The minimum atomic E-state index is 0.466. The summed E-state index contributed by atoms with van der Waals surface area (Å²) in [6, 6.07) is 4.59. The first-order valence-electron chi connectivity index (χ1n) is 5.01. The lowest BCUT2D eigenvalue weighted by molar-refractivity contribution is 0.517. The summed E-state index contributed by atoms with van der Waals surface area (Å²) < 4.78 is 0. The van der Waals surface area contributed by atoms with Gasteiger partial charge in [-0.05, 0) is 31.0 Å². The number of nitrogens with zero attached hydrogens (tertiary/aromatic N) is 1. The summed E-state index contributed by atoms with van der Waals surface area (Å²) in [4.78, 5) is 4.12. The SMILES string of the molecule is CCCNC(CC)c1cccnc1. The molecule has 0 saturated carbocycles. The molecule has 1 heterocycles. The molecule has 0 aliphatic heterocycles. The lowest BCUT2D eigenvalue weighted by Gasteiger charge is -2.16. The summed E-state index contributed by atoms with van der Waals surface area (Å²) >= 11 is 0. The van der Waals surface area contributed by atoms with Crippen LogP contribution in [0.1, 0.15) is 38.3 Å². The van der Waals surface area contributed by atoms with Gasteiger partial charge in [-0.2, -0.15) is 0 Å². The summed E-state index contributed by atoms with van der Waals surface area (Å²) in [7, 11) is 0. The minimum absolute atomic E-state index is 0.466. The average molecular weight is 178 g/mol. The average Bonchev–Trinajstić information content (AvgIpc) is 2.21. The molecule has 2 heteroatoms. The van der Waals surface area contributed by atoms with E-state index in [0.29, 0.717) is 6.04 Å². The highest BCUT2D eigenvalue weighted by Gasteiger charge is 2.06. The molecule has 1 N–H and O–H groups in total. The maximum absolute atomic E-state index is 4.12. The standard InChI is InChI=1S/C11H18N2/c1-3-7-13-11(4-2)10-6-5-8-12-9-10/h5-6,8-9,11,13H,3-4,7H2,1-2H3. The van der Waals surface area contributed by atoms with Crippen molar-refractivity contribution in [1.29, 1.82) is 0 Å². The van der Waals surface area contributed by atoms with Crippen molar-refractivity contribution < 1.29 is 0 Å². The zero-order chi connectivity index (χ0) is 9.52. The van der Waals surface area contributed by atoms with Crippen molar-refractivity contribution in [2.45, 2.75) is 32.7 Å². The van der Waals surface area contributed by atoms with E-state index in [0.717, 1.165) is 13.0 Å². The third-order valence-corrected chi connectivity index (χ3v) is 2.14. The van der Waals surface area contributed by atoms with Gasteiger partial charge in [0, 0.05) is 18.4 Å². The molecular weight excluding hydrogens is 160 g/mol. The Balaban J connectivity index is 2.56. The van der Waals surface area contributed by atoms with Crippen molar-refractivity contribution in [3.63, 3.8) is 0 Å². The van der Waals surface area contributed by atoms with Gasteiger partial charge in [0.15, 0.2) is 0 Å². The van der Waals surface area contributed by atoms with Crippen LogP contribution in [0.2, 0.25) is 0 Å². The maximum Gasteiger partial charge on any atom is 0.0332 e. The van der Waals surface area contributed by atoms with Crippen LogP contribution in [0.5, 0.6) is 0 Å². The fourth-order valence-electron chi connectivity index (χ4n) is 1.40. The van der Waals surface area contributed by atoms with E-state index in [4.69, 9.17) is 0 Å². The van der Waals surface area contributed by atoms with E-state index >= 15 is 0 Å². The van der Waals surface area contributed by atoms with Crippen molar-refractivity contribution in [2.24, 2.45) is 0 Å². The lowest BCUT2D eigenvalue weighted by Crippen LogP contribution is -2.21. The Hall–Kier alpha value is -0.890. The van der Waals surface area contributed by atoms with E-state index in [-0.39, 0.29) is 0 Å². The summed E-state index contributed by atoms with van der Waals surface area (Å²) in [5.74, 6) is 0. The van der Waals surface area contributed by atoms with E-state index in [1.54, 1.807) is 0 Å². The summed E-state index contributed by atoms with van der Waals surface area (Å²) in [6.45, 7) is 5.46. The van der Waals surface area contributed by atoms with Crippen molar-refractivity contribution >= 4 is 0 Å². The Morgan fingerprint density at radius 3 is 2.85 bits per heavy atom. The Kier molecular flexibility index (Phi) is 4.47. The highest BCUT2D eigenvalue weighted by Crippen LogP contribution is 2.14. The second kappa shape index (κ2) is 5.70. The van der Waals surface area contributed by atoms with Crippen molar-refractivity contribution in [1.82, 2.24) is 10.3 Å². The maximum atomic E-state index is 4.12. The van der Waals surface area contributed by atoms with Crippen LogP contribution in [0.4, 0.5) is 0 Å². The predicted octanol–water partition coefficient (Wildman–Crippen LogP) is 2.53. The topological polar surface area (TPSA) is 24.9 Å². The molecule has 1 rings (SSSR count). The molecule has 1 aromatic rings. The largest absolute Gasteiger partial charge is 0.310 e. The van der Waals surface area contributed by atoms with Crippen LogP contribution in [0.15, 0.2) is 24.5 Å². The first kappa shape index (κ1) is 10.2. The molecule has 13 heavy (non-hydrogen) atoms. The molecule has 2 nitrogen and oxygen atoms in total. The number of hydrogen-bond donors (Lipinski definition) is 1. The van der Waals surface area contributed by atoms with E-state index in [1.807, 2.05) is 18.5 Å². The molecule has 0 bridgehead atoms. The highest BCUT2D eigenvalue weighted by atomic mass is 14.9. The van der Waals surface area contributed by atoms with E-state index in [1.165, 1.54) is 12.0 Å². The Bertz CT molecular complexity index is 221. The molecule has 0 amide bonds. The first-order valence-corrected chi connectivity index (χ1v) is 5.01. The predicted molar refractivity (Wildman–Crippen MR) is 55.6 cm³/mol. The van der Waals surface area contributed by atoms with Gasteiger partial charge in [0.05, 0.1) is 0 Å². The fraction of sp³-hybridized carbons (Fsp3) is 0.545. The van der Waals surface area contributed by atoms with Crippen LogP contribution in [-0.2, 0) is 0 Å². The van der Waals surface area contributed by atoms with Crippen LogP contribution >= 0.6 is 0 Å². The zero-order valence-corrected chi connectivity index (χ0v) is 8.46. The van der Waals surface area contributed by atoms with Crippen LogP contribution in [0.25, 0.3) is 0 Å². The van der Waals surface area contributed by atoms with Gasteiger partial charge in [-0.25, -0.2) is 0 Å². The summed E-state index contributed by atoms with van der Waals surface area (Å²) in [6.07, 6.45) is 6.05. The van der Waals surface area contributed by atoms with Crippen LogP contribution in [-0.4, -0.2) is 11.5 Å². The first-order chi connectivity index (χ1) is 6.38. The number of hydrogen-bond acceptors (Lipinski definition) is 2. The van der Waals surface area contributed by atoms with Gasteiger partial charge >= 0.3 is 0 Å². The zero-order valence-electron chi connectivity index (χ0n) is 8.46. The second-order valence-corrected chi connectivity index (χ2v) is 3.20. The van der Waals surface area contributed by atoms with Gasteiger partial charge in [-0.1, -0.05) is 19.9 Å². The monoisotopic (exact) mass is 178 g/mol. The third kappa shape index (κ3) is 3.15. The minimum Gasteiger partial charge on any atom is -0.310 e. The number of rotatable bonds is 5. The second-order valence-electron chi connectivity index (χ2n) is 3.20. The van der Waals surface area contributed by atoms with E-state index in [2.05, 4.69) is 30.2 Å². The fourth-order valence-corrected chi connectivity index (χ4v) is 1.40. The number of pyridine rings is 1. The molecule has 0 aromatic carbocycles. The van der Waals surface area contributed by atoms with Gasteiger partial charge in [-0.3, -0.25) is 4.98 Å². The molecule has 1 atom stereocenters. The third-order valence-electron chi connectivity index (χ3n) is 2.14. The van der Waals surface area contributed by atoms with Crippen molar-refractivity contribution in [2.75, 3.05) is 6.54 Å². The van der Waals surface area contributed by atoms with Gasteiger partial charge in [0.2, 0.25) is 0 Å². The smallest absolute Gasteiger partial charge is 0.0332 e. The number of aromatic nitrogens is 1. The van der Waals surface area contributed by atoms with Gasteiger partial charge in [0.1, 0.15) is 0 Å². The molecule has 72 valence electrons. The van der Waals surface area contributed by atoms with Gasteiger partial charge < -0.3 is 5.32 Å². The Morgan fingerprint density at radius 2 is 2.31 bits per heavy atom. The summed E-state index contributed by atoms with van der Waals surface area (Å²) in [5, 5.41) is 3.50. The molecule has 0 radical (unpaired) electrons. The van der Waals surface area contributed by atoms with Crippen LogP contribution in [0.3, 0.4) is 0 Å². The van der Waals surface area contributed by atoms with Gasteiger partial charge in [0.25, 0.3) is 0 Å². The Labute approximate surface area is 80.4 Å². The van der Waals surface area contributed by atoms with E-state index < -0.39 is 0 Å². The Morgan fingerprint density at radius 1 is 1.46 bits per heavy atom. The molecule has 0 saturated heterocycles. The molecule has 0 spiro atoms. The van der Waals surface area contributed by atoms with Crippen molar-refractivity contribution in [3.05, 3.63) is 30.1 Å². The molecular formula is C11H18N2. The molecule has 0 fully saturated rings. The molecule has 0 aliphatic rings. The lowest BCUT2D eigenvalue weighted by atomic mass is 10.1. The van der Waals surface area contributed by atoms with Crippen LogP contribution < -0.4 is 5.32 Å².